The van der Waals surface area contributed by atoms with E-state index >= 15 is 0 Å². The van der Waals surface area contributed by atoms with Crippen molar-refractivity contribution in [3.05, 3.63) is 45.4 Å². The molecule has 0 unspecified atom stereocenters. The number of aromatic nitrogens is 3. The van der Waals surface area contributed by atoms with Gasteiger partial charge in [-0.25, -0.2) is 9.67 Å². The number of hydrogen-bond acceptors (Lipinski definition) is 4. The lowest BCUT2D eigenvalue weighted by molar-refractivity contribution is -0.136. The summed E-state index contributed by atoms with van der Waals surface area (Å²) < 4.78 is 1.90. The Morgan fingerprint density at radius 3 is 2.91 bits per heavy atom. The number of rotatable bonds is 5. The van der Waals surface area contributed by atoms with Crippen molar-refractivity contribution in [1.29, 1.82) is 0 Å². The van der Waals surface area contributed by atoms with Crippen LogP contribution in [-0.4, -0.2) is 25.8 Å². The summed E-state index contributed by atoms with van der Waals surface area (Å²) in [4.78, 5) is 15.5. The molecule has 0 aliphatic carbocycles. The zero-order chi connectivity index (χ0) is 15.7. The van der Waals surface area contributed by atoms with E-state index in [1.807, 2.05) is 24.7 Å². The normalized spacial score (nSPS) is 11.2. The predicted octanol–water partition coefficient (Wildman–Crippen LogP) is 3.18. The highest BCUT2D eigenvalue weighted by Gasteiger charge is 2.14. The molecular weight excluding hydrogens is 298 g/mol. The maximum Gasteiger partial charge on any atom is 0.303 e. The fourth-order valence-electron chi connectivity index (χ4n) is 2.69. The predicted molar refractivity (Wildman–Crippen MR) is 86.4 cm³/mol. The summed E-state index contributed by atoms with van der Waals surface area (Å²) in [6.45, 7) is 4.66. The minimum atomic E-state index is -0.785. The van der Waals surface area contributed by atoms with Crippen LogP contribution in [0.15, 0.2) is 23.0 Å². The zero-order valence-electron chi connectivity index (χ0n) is 12.5. The lowest BCUT2D eigenvalue weighted by Crippen LogP contribution is -2.06. The quantitative estimate of drug-likeness (QED) is 0.785. The SMILES string of the molecule is Cc1nc2c(cnn2Cc2ccsc2)c(C)c1CCC(=O)O. The first-order valence-electron chi connectivity index (χ1n) is 7.10. The minimum Gasteiger partial charge on any atom is -0.481 e. The minimum absolute atomic E-state index is 0.123. The molecule has 3 heterocycles. The maximum atomic E-state index is 10.8. The third-order valence-corrected chi connectivity index (χ3v) is 4.61. The smallest absolute Gasteiger partial charge is 0.303 e. The maximum absolute atomic E-state index is 10.8. The van der Waals surface area contributed by atoms with Crippen LogP contribution in [0.1, 0.15) is 28.8 Å². The van der Waals surface area contributed by atoms with Crippen LogP contribution >= 0.6 is 11.3 Å². The Morgan fingerprint density at radius 2 is 2.23 bits per heavy atom. The van der Waals surface area contributed by atoms with Gasteiger partial charge >= 0.3 is 5.97 Å². The molecule has 6 heteroatoms. The van der Waals surface area contributed by atoms with Gasteiger partial charge in [0.2, 0.25) is 0 Å². The summed E-state index contributed by atoms with van der Waals surface area (Å²) in [6.07, 6.45) is 2.46. The van der Waals surface area contributed by atoms with Crippen LogP contribution < -0.4 is 0 Å². The number of carboxylic acids is 1. The second kappa shape index (κ2) is 5.88. The summed E-state index contributed by atoms with van der Waals surface area (Å²) in [5.41, 5.74) is 5.06. The monoisotopic (exact) mass is 315 g/mol. The number of pyridine rings is 1. The van der Waals surface area contributed by atoms with E-state index < -0.39 is 5.97 Å². The van der Waals surface area contributed by atoms with E-state index in [4.69, 9.17) is 5.11 Å². The van der Waals surface area contributed by atoms with E-state index in [0.29, 0.717) is 13.0 Å². The molecule has 22 heavy (non-hydrogen) atoms. The van der Waals surface area contributed by atoms with Crippen molar-refractivity contribution in [3.63, 3.8) is 0 Å². The van der Waals surface area contributed by atoms with Crippen molar-refractivity contribution in [1.82, 2.24) is 14.8 Å². The summed E-state index contributed by atoms with van der Waals surface area (Å²) in [5, 5.41) is 18.5. The Kier molecular flexibility index (Phi) is 3.94. The second-order valence-electron chi connectivity index (χ2n) is 5.37. The van der Waals surface area contributed by atoms with E-state index in [1.54, 1.807) is 11.3 Å². The highest BCUT2D eigenvalue weighted by atomic mass is 32.1. The average molecular weight is 315 g/mol. The van der Waals surface area contributed by atoms with Crippen molar-refractivity contribution in [2.75, 3.05) is 0 Å². The van der Waals surface area contributed by atoms with Crippen LogP contribution in [0.25, 0.3) is 11.0 Å². The number of carboxylic acid groups (broad SMARTS) is 1. The number of aliphatic carboxylic acids is 1. The van der Waals surface area contributed by atoms with Gasteiger partial charge in [0.25, 0.3) is 0 Å². The molecule has 0 aromatic carbocycles. The Balaban J connectivity index is 2.00. The van der Waals surface area contributed by atoms with Gasteiger partial charge in [0.1, 0.15) is 0 Å². The lowest BCUT2D eigenvalue weighted by Gasteiger charge is -2.10. The van der Waals surface area contributed by atoms with Gasteiger partial charge < -0.3 is 5.11 Å². The van der Waals surface area contributed by atoms with Gasteiger partial charge in [0, 0.05) is 17.5 Å². The van der Waals surface area contributed by atoms with Crippen molar-refractivity contribution >= 4 is 28.3 Å². The fraction of sp³-hybridized carbons (Fsp3) is 0.312. The third kappa shape index (κ3) is 2.74. The van der Waals surface area contributed by atoms with Crippen LogP contribution in [0.4, 0.5) is 0 Å². The largest absolute Gasteiger partial charge is 0.481 e. The molecule has 3 aromatic rings. The van der Waals surface area contributed by atoms with Gasteiger partial charge in [-0.3, -0.25) is 4.79 Å². The van der Waals surface area contributed by atoms with Crippen LogP contribution in [0, 0.1) is 13.8 Å². The molecule has 3 aromatic heterocycles. The molecule has 0 saturated carbocycles. The first kappa shape index (κ1) is 14.7. The summed E-state index contributed by atoms with van der Waals surface area (Å²) >= 11 is 1.67. The highest BCUT2D eigenvalue weighted by molar-refractivity contribution is 7.07. The number of fused-ring (bicyclic) bond motifs is 1. The van der Waals surface area contributed by atoms with E-state index in [-0.39, 0.29) is 6.42 Å². The van der Waals surface area contributed by atoms with Crippen molar-refractivity contribution in [3.8, 4) is 0 Å². The van der Waals surface area contributed by atoms with Crippen LogP contribution in [0.3, 0.4) is 0 Å². The first-order valence-corrected chi connectivity index (χ1v) is 8.05. The fourth-order valence-corrected chi connectivity index (χ4v) is 3.35. The second-order valence-corrected chi connectivity index (χ2v) is 6.15. The topological polar surface area (TPSA) is 68.0 Å². The van der Waals surface area contributed by atoms with Gasteiger partial charge in [-0.15, -0.1) is 0 Å². The van der Waals surface area contributed by atoms with Gasteiger partial charge in [0.05, 0.1) is 12.7 Å². The first-order chi connectivity index (χ1) is 10.6. The van der Waals surface area contributed by atoms with Gasteiger partial charge in [-0.2, -0.15) is 16.4 Å². The third-order valence-electron chi connectivity index (χ3n) is 3.88. The standard InChI is InChI=1S/C16H17N3O2S/c1-10-13(3-4-15(20)21)11(2)18-16-14(10)7-17-19(16)8-12-5-6-22-9-12/h5-7,9H,3-4,8H2,1-2H3,(H,20,21). The number of carbonyl (C=O) groups is 1. The van der Waals surface area contributed by atoms with E-state index in [0.717, 1.165) is 27.9 Å². The molecule has 1 N–H and O–H groups in total. The molecule has 0 amide bonds. The molecule has 0 aliphatic rings. The zero-order valence-corrected chi connectivity index (χ0v) is 13.4. The molecular formula is C16H17N3O2S. The van der Waals surface area contributed by atoms with Crippen molar-refractivity contribution in [2.24, 2.45) is 0 Å². The van der Waals surface area contributed by atoms with Crippen LogP contribution in [0.2, 0.25) is 0 Å². The lowest BCUT2D eigenvalue weighted by atomic mass is 10.0. The Hall–Kier alpha value is -2.21. The van der Waals surface area contributed by atoms with Gasteiger partial charge in [-0.05, 0) is 53.8 Å². The molecule has 0 atom stereocenters. The number of thiophene rings is 1. The highest BCUT2D eigenvalue weighted by Crippen LogP contribution is 2.24. The van der Waals surface area contributed by atoms with Gasteiger partial charge in [0.15, 0.2) is 5.65 Å². The Labute approximate surface area is 132 Å². The molecule has 5 nitrogen and oxygen atoms in total. The molecule has 0 aliphatic heterocycles. The summed E-state index contributed by atoms with van der Waals surface area (Å²) in [6, 6.07) is 2.08. The average Bonchev–Trinajstić information content (AvgIpc) is 3.09. The molecule has 114 valence electrons. The van der Waals surface area contributed by atoms with Crippen LogP contribution in [-0.2, 0) is 17.8 Å². The van der Waals surface area contributed by atoms with E-state index in [9.17, 15) is 4.79 Å². The van der Waals surface area contributed by atoms with Crippen molar-refractivity contribution in [2.45, 2.75) is 33.2 Å². The molecule has 0 bridgehead atoms. The molecule has 0 saturated heterocycles. The summed E-state index contributed by atoms with van der Waals surface area (Å²) in [5.74, 6) is -0.785. The molecule has 0 spiro atoms. The Morgan fingerprint density at radius 1 is 1.41 bits per heavy atom. The van der Waals surface area contributed by atoms with Crippen molar-refractivity contribution < 1.29 is 9.90 Å². The van der Waals surface area contributed by atoms with Gasteiger partial charge in [-0.1, -0.05) is 0 Å². The number of hydrogen-bond donors (Lipinski definition) is 1. The van der Waals surface area contributed by atoms with Crippen LogP contribution in [0.5, 0.6) is 0 Å². The summed E-state index contributed by atoms with van der Waals surface area (Å²) in [7, 11) is 0. The van der Waals surface area contributed by atoms with E-state index in [1.165, 1.54) is 5.56 Å². The molecule has 0 radical (unpaired) electrons. The molecule has 0 fully saturated rings. The number of nitrogens with zero attached hydrogens (tertiary/aromatic N) is 3. The molecule has 3 rings (SSSR count). The number of aryl methyl sites for hydroxylation is 2. The van der Waals surface area contributed by atoms with E-state index in [2.05, 4.69) is 26.9 Å². The Bertz CT molecular complexity index is 822.